The fourth-order valence-corrected chi connectivity index (χ4v) is 3.16. The second-order valence-electron chi connectivity index (χ2n) is 4.46. The number of hydrogen-bond acceptors (Lipinski definition) is 8. The minimum atomic E-state index is -3.90. The van der Waals surface area contributed by atoms with Crippen LogP contribution in [0.5, 0.6) is 11.5 Å². The molecule has 0 amide bonds. The summed E-state index contributed by atoms with van der Waals surface area (Å²) in [5, 5.41) is 0. The van der Waals surface area contributed by atoms with Crippen molar-refractivity contribution in [3.05, 3.63) is 6.07 Å². The van der Waals surface area contributed by atoms with Gasteiger partial charge in [-0.05, 0) is 6.42 Å². The first-order valence-corrected chi connectivity index (χ1v) is 8.83. The monoisotopic (exact) mass is 440 g/mol. The van der Waals surface area contributed by atoms with Gasteiger partial charge in [-0.15, -0.1) is 0 Å². The fourth-order valence-electron chi connectivity index (χ4n) is 1.90. The van der Waals surface area contributed by atoms with Gasteiger partial charge in [-0.1, -0.05) is 29.5 Å². The lowest BCUT2D eigenvalue weighted by molar-refractivity contribution is -0.152. The third kappa shape index (κ3) is 2.39. The number of alkyl halides is 1. The third-order valence-corrected chi connectivity index (χ3v) is 5.58. The summed E-state index contributed by atoms with van der Waals surface area (Å²) in [5.74, 6) is -1.65. The Labute approximate surface area is 138 Å². The minimum Gasteiger partial charge on any atom is -0.453 e. The molecule has 0 radical (unpaired) electrons. The van der Waals surface area contributed by atoms with E-state index in [2.05, 4.69) is 0 Å². The van der Waals surface area contributed by atoms with Crippen molar-refractivity contribution in [2.75, 3.05) is 6.61 Å². The van der Waals surface area contributed by atoms with Crippen molar-refractivity contribution in [2.24, 2.45) is 0 Å². The molecule has 0 aromatic carbocycles. The average Bonchev–Trinajstić information content (AvgIpc) is 3.08. The lowest BCUT2D eigenvalue weighted by atomic mass is 10.3. The molecule has 2 bridgehead atoms. The molecule has 0 saturated carbocycles. The maximum atomic E-state index is 11.7. The highest BCUT2D eigenvalue weighted by Gasteiger charge is 2.41. The van der Waals surface area contributed by atoms with Crippen molar-refractivity contribution >= 4 is 55.8 Å². The SMILES string of the molecule is CCC(I)C(=O)OCC(=O)Oc1c2c3oc1cc3S(=O)(=O)O2. The van der Waals surface area contributed by atoms with E-state index in [0.717, 1.165) is 0 Å². The number of ether oxygens (including phenoxy) is 2. The van der Waals surface area contributed by atoms with Crippen LogP contribution in [0, 0.1) is 0 Å². The summed E-state index contributed by atoms with van der Waals surface area (Å²) in [7, 11) is -3.90. The second-order valence-corrected chi connectivity index (χ2v) is 7.48. The van der Waals surface area contributed by atoms with Gasteiger partial charge in [0.1, 0.15) is 3.92 Å². The second kappa shape index (κ2) is 5.26. The number of hydrogen-bond donors (Lipinski definition) is 0. The molecule has 0 spiro atoms. The Morgan fingerprint density at radius 2 is 2.14 bits per heavy atom. The van der Waals surface area contributed by atoms with Gasteiger partial charge < -0.3 is 18.1 Å². The topological polar surface area (TPSA) is 109 Å². The molecule has 0 fully saturated rings. The van der Waals surface area contributed by atoms with Crippen molar-refractivity contribution < 1.29 is 36.1 Å². The van der Waals surface area contributed by atoms with Crippen LogP contribution in [0.2, 0.25) is 0 Å². The molecule has 1 aliphatic heterocycles. The van der Waals surface area contributed by atoms with Crippen LogP contribution in [-0.2, 0) is 24.4 Å². The number of rotatable bonds is 5. The number of halogens is 1. The van der Waals surface area contributed by atoms with Gasteiger partial charge >= 0.3 is 22.1 Å². The van der Waals surface area contributed by atoms with Gasteiger partial charge in [-0.2, -0.15) is 8.42 Å². The van der Waals surface area contributed by atoms with Crippen LogP contribution in [-0.4, -0.2) is 30.9 Å². The summed E-state index contributed by atoms with van der Waals surface area (Å²) in [6, 6.07) is 1.22. The normalized spacial score (nSPS) is 16.5. The Kier molecular flexibility index (Phi) is 3.67. The molecule has 1 unspecified atom stereocenters. The molecule has 1 atom stereocenters. The molecule has 0 N–H and O–H groups in total. The molecular weight excluding hydrogens is 431 g/mol. The maximum Gasteiger partial charge on any atom is 0.349 e. The van der Waals surface area contributed by atoms with Crippen LogP contribution < -0.4 is 8.92 Å². The van der Waals surface area contributed by atoms with Crippen molar-refractivity contribution in [2.45, 2.75) is 22.2 Å². The number of benzene rings is 1. The number of furan rings is 2. The predicted octanol–water partition coefficient (Wildman–Crippen LogP) is 1.61. The maximum absolute atomic E-state index is 11.7. The van der Waals surface area contributed by atoms with Crippen LogP contribution in [0.4, 0.5) is 0 Å². The summed E-state index contributed by atoms with van der Waals surface area (Å²) in [5.41, 5.74) is 0.106. The molecule has 1 aliphatic rings. The minimum absolute atomic E-state index is 0.0214. The number of carbonyl (C=O) groups is 2. The highest BCUT2D eigenvalue weighted by molar-refractivity contribution is 14.1. The van der Waals surface area contributed by atoms with Gasteiger partial charge in [-0.25, -0.2) is 4.79 Å². The van der Waals surface area contributed by atoms with Crippen molar-refractivity contribution in [3.63, 3.8) is 0 Å². The van der Waals surface area contributed by atoms with Crippen molar-refractivity contribution in [1.29, 1.82) is 0 Å². The zero-order chi connectivity index (χ0) is 16.1. The highest BCUT2D eigenvalue weighted by atomic mass is 127. The molecule has 3 heterocycles. The smallest absolute Gasteiger partial charge is 0.349 e. The Bertz CT molecular complexity index is 852. The van der Waals surface area contributed by atoms with E-state index in [0.29, 0.717) is 6.42 Å². The zero-order valence-corrected chi connectivity index (χ0v) is 14.1. The first-order valence-electron chi connectivity index (χ1n) is 6.18. The Hall–Kier alpha value is -1.56. The molecule has 10 heteroatoms. The van der Waals surface area contributed by atoms with Crippen LogP contribution in [0.25, 0.3) is 11.2 Å². The standard InChI is InChI=1S/C12H9IO8S/c1-2-5(13)12(15)18-4-8(14)20-9-6-3-7-10(19-6)11(9)21-22(7,16)17/h3,5H,2,4H2,1H3. The number of esters is 2. The Morgan fingerprint density at radius 1 is 1.41 bits per heavy atom. The zero-order valence-electron chi connectivity index (χ0n) is 11.1. The van der Waals surface area contributed by atoms with E-state index in [1.54, 1.807) is 0 Å². The largest absolute Gasteiger partial charge is 0.453 e. The summed E-state index contributed by atoms with van der Waals surface area (Å²) in [6.07, 6.45) is 0.576. The first kappa shape index (κ1) is 15.3. The molecule has 118 valence electrons. The lowest BCUT2D eigenvalue weighted by Gasteiger charge is -2.07. The van der Waals surface area contributed by atoms with Crippen LogP contribution >= 0.6 is 22.6 Å². The summed E-state index contributed by atoms with van der Waals surface area (Å²) >= 11 is 1.90. The van der Waals surface area contributed by atoms with Crippen molar-refractivity contribution in [3.8, 4) is 11.5 Å². The summed E-state index contributed by atoms with van der Waals surface area (Å²) in [6.45, 7) is 1.23. The lowest BCUT2D eigenvalue weighted by Crippen LogP contribution is -2.23. The number of carbonyl (C=O) groups excluding carboxylic acids is 2. The molecule has 2 aromatic rings. The predicted molar refractivity (Wildman–Crippen MR) is 79.9 cm³/mol. The Balaban J connectivity index is 1.68. The van der Waals surface area contributed by atoms with E-state index in [1.807, 2.05) is 29.5 Å². The van der Waals surface area contributed by atoms with E-state index < -0.39 is 28.7 Å². The first-order chi connectivity index (χ1) is 10.3. The summed E-state index contributed by atoms with van der Waals surface area (Å²) < 4.78 is 42.5. The molecule has 3 rings (SSSR count). The number of fused-ring (bicyclic) bond motifs is 1. The van der Waals surface area contributed by atoms with Gasteiger partial charge in [0.05, 0.1) is 0 Å². The van der Waals surface area contributed by atoms with E-state index in [9.17, 15) is 18.0 Å². The fraction of sp³-hybridized carbons (Fsp3) is 0.333. The van der Waals surface area contributed by atoms with Gasteiger partial charge in [0.15, 0.2) is 22.7 Å². The van der Waals surface area contributed by atoms with E-state index >= 15 is 0 Å². The van der Waals surface area contributed by atoms with E-state index in [4.69, 9.17) is 18.1 Å². The van der Waals surface area contributed by atoms with Crippen molar-refractivity contribution in [1.82, 2.24) is 0 Å². The average molecular weight is 440 g/mol. The molecule has 0 saturated heterocycles. The third-order valence-electron chi connectivity index (χ3n) is 2.96. The summed E-state index contributed by atoms with van der Waals surface area (Å²) in [4.78, 5) is 23.1. The van der Waals surface area contributed by atoms with E-state index in [1.165, 1.54) is 6.07 Å². The molecule has 8 nitrogen and oxygen atoms in total. The highest BCUT2D eigenvalue weighted by Crippen LogP contribution is 2.51. The Morgan fingerprint density at radius 3 is 2.82 bits per heavy atom. The van der Waals surface area contributed by atoms with E-state index in [-0.39, 0.29) is 31.5 Å². The molecular formula is C12H9IO8S. The van der Waals surface area contributed by atoms with Gasteiger partial charge in [-0.3, -0.25) is 4.79 Å². The molecule has 2 aromatic heterocycles. The van der Waals surface area contributed by atoms with Gasteiger partial charge in [0.25, 0.3) is 0 Å². The van der Waals surface area contributed by atoms with Crippen LogP contribution in [0.15, 0.2) is 15.4 Å². The molecule has 0 aliphatic carbocycles. The van der Waals surface area contributed by atoms with Crippen LogP contribution in [0.1, 0.15) is 13.3 Å². The van der Waals surface area contributed by atoms with Gasteiger partial charge in [0.2, 0.25) is 11.5 Å². The van der Waals surface area contributed by atoms with Gasteiger partial charge in [0, 0.05) is 6.07 Å². The quantitative estimate of drug-likeness (QED) is 0.227. The van der Waals surface area contributed by atoms with Crippen LogP contribution in [0.3, 0.4) is 0 Å². The molecule has 22 heavy (non-hydrogen) atoms.